The molecular formula is C13H23N3O4. The lowest BCUT2D eigenvalue weighted by molar-refractivity contribution is -0.138. The van der Waals surface area contributed by atoms with Crippen molar-refractivity contribution in [3.63, 3.8) is 0 Å². The van der Waals surface area contributed by atoms with Gasteiger partial charge in [-0.2, -0.15) is 0 Å². The van der Waals surface area contributed by atoms with E-state index in [0.29, 0.717) is 25.9 Å². The number of carbonyl (C=O) groups is 3. The van der Waals surface area contributed by atoms with E-state index in [2.05, 4.69) is 5.32 Å². The monoisotopic (exact) mass is 285 g/mol. The molecule has 0 aliphatic carbocycles. The van der Waals surface area contributed by atoms with Crippen molar-refractivity contribution in [3.8, 4) is 0 Å². The lowest BCUT2D eigenvalue weighted by atomic mass is 9.93. The zero-order chi connectivity index (χ0) is 15.3. The molecule has 0 atom stereocenters. The number of nitrogens with zero attached hydrogens (tertiary/aromatic N) is 1. The second kappa shape index (κ2) is 6.58. The molecule has 3 amide bonds. The number of rotatable bonds is 5. The fourth-order valence-electron chi connectivity index (χ4n) is 2.44. The van der Waals surface area contributed by atoms with Crippen LogP contribution < -0.4 is 11.1 Å². The van der Waals surface area contributed by atoms with Gasteiger partial charge in [-0.15, -0.1) is 0 Å². The van der Waals surface area contributed by atoms with Gasteiger partial charge in [0.25, 0.3) is 0 Å². The molecule has 1 saturated heterocycles. The molecule has 1 aliphatic rings. The van der Waals surface area contributed by atoms with Gasteiger partial charge in [0.05, 0.1) is 0 Å². The van der Waals surface area contributed by atoms with Crippen LogP contribution in [0.25, 0.3) is 0 Å². The van der Waals surface area contributed by atoms with Crippen LogP contribution in [-0.2, 0) is 9.59 Å². The first kappa shape index (κ1) is 16.3. The Balaban J connectivity index is 2.43. The minimum atomic E-state index is -0.796. The molecule has 1 heterocycles. The first-order valence-corrected chi connectivity index (χ1v) is 6.77. The summed E-state index contributed by atoms with van der Waals surface area (Å²) in [4.78, 5) is 35.3. The molecule has 7 heteroatoms. The van der Waals surface area contributed by atoms with Gasteiger partial charge in [-0.05, 0) is 32.6 Å². The van der Waals surface area contributed by atoms with E-state index in [4.69, 9.17) is 10.8 Å². The smallest absolute Gasteiger partial charge is 0.317 e. The standard InChI is InChI=1S/C13H23N3O4/c1-13(2,8-10(14)17)15-12(20)16-5-3-9(4-6-16)7-11(18)19/h9H,3-8H2,1-2H3,(H2,14,17)(H,15,20)(H,18,19). The van der Waals surface area contributed by atoms with Crippen LogP contribution >= 0.6 is 0 Å². The van der Waals surface area contributed by atoms with Crippen LogP contribution in [0.5, 0.6) is 0 Å². The predicted molar refractivity (Wildman–Crippen MR) is 73.0 cm³/mol. The lowest BCUT2D eigenvalue weighted by Crippen LogP contribution is -2.53. The molecule has 20 heavy (non-hydrogen) atoms. The number of carboxylic acids is 1. The number of hydrogen-bond donors (Lipinski definition) is 3. The SMILES string of the molecule is CC(C)(CC(N)=O)NC(=O)N1CCC(CC(=O)O)CC1. The molecule has 0 saturated carbocycles. The topological polar surface area (TPSA) is 113 Å². The lowest BCUT2D eigenvalue weighted by Gasteiger charge is -2.34. The predicted octanol–water partition coefficient (Wildman–Crippen LogP) is 0.537. The summed E-state index contributed by atoms with van der Waals surface area (Å²) in [7, 11) is 0. The molecule has 114 valence electrons. The summed E-state index contributed by atoms with van der Waals surface area (Å²) in [6.45, 7) is 4.56. The molecule has 1 rings (SSSR count). The van der Waals surface area contributed by atoms with Crippen molar-refractivity contribution in [1.82, 2.24) is 10.2 Å². The number of piperidine rings is 1. The van der Waals surface area contributed by atoms with Crippen molar-refractivity contribution in [2.45, 2.75) is 45.1 Å². The van der Waals surface area contributed by atoms with E-state index in [1.54, 1.807) is 18.7 Å². The largest absolute Gasteiger partial charge is 0.481 e. The van der Waals surface area contributed by atoms with Crippen LogP contribution in [0.2, 0.25) is 0 Å². The fourth-order valence-corrected chi connectivity index (χ4v) is 2.44. The number of carbonyl (C=O) groups excluding carboxylic acids is 2. The average Bonchev–Trinajstić information content (AvgIpc) is 2.26. The summed E-state index contributed by atoms with van der Waals surface area (Å²) < 4.78 is 0. The Kier molecular flexibility index (Phi) is 5.35. The third-order valence-corrected chi connectivity index (χ3v) is 3.43. The Morgan fingerprint density at radius 3 is 2.30 bits per heavy atom. The highest BCUT2D eigenvalue weighted by Crippen LogP contribution is 2.21. The van der Waals surface area contributed by atoms with Crippen molar-refractivity contribution in [1.29, 1.82) is 0 Å². The van der Waals surface area contributed by atoms with Crippen LogP contribution in [0.4, 0.5) is 4.79 Å². The molecule has 0 unspecified atom stereocenters. The van der Waals surface area contributed by atoms with Gasteiger partial charge in [0.1, 0.15) is 0 Å². The zero-order valence-electron chi connectivity index (χ0n) is 12.0. The number of urea groups is 1. The number of nitrogens with two attached hydrogens (primary N) is 1. The van der Waals surface area contributed by atoms with Crippen molar-refractivity contribution in [2.75, 3.05) is 13.1 Å². The zero-order valence-corrected chi connectivity index (χ0v) is 12.0. The number of hydrogen-bond acceptors (Lipinski definition) is 3. The molecule has 0 aromatic heterocycles. The number of carboxylic acid groups (broad SMARTS) is 1. The average molecular weight is 285 g/mol. The van der Waals surface area contributed by atoms with Crippen molar-refractivity contribution < 1.29 is 19.5 Å². The summed E-state index contributed by atoms with van der Waals surface area (Å²) in [6, 6.07) is -0.231. The summed E-state index contributed by atoms with van der Waals surface area (Å²) in [6.07, 6.45) is 1.61. The highest BCUT2D eigenvalue weighted by Gasteiger charge is 2.28. The van der Waals surface area contributed by atoms with Gasteiger partial charge in [0.2, 0.25) is 5.91 Å². The van der Waals surface area contributed by atoms with Gasteiger partial charge in [-0.25, -0.2) is 4.79 Å². The highest BCUT2D eigenvalue weighted by atomic mass is 16.4. The molecule has 1 aliphatic heterocycles. The van der Waals surface area contributed by atoms with Crippen molar-refractivity contribution in [3.05, 3.63) is 0 Å². The molecule has 0 aromatic carbocycles. The first-order valence-electron chi connectivity index (χ1n) is 6.77. The van der Waals surface area contributed by atoms with Crippen LogP contribution in [0, 0.1) is 5.92 Å². The fraction of sp³-hybridized carbons (Fsp3) is 0.769. The summed E-state index contributed by atoms with van der Waals surface area (Å²) >= 11 is 0. The van der Waals surface area contributed by atoms with Gasteiger partial charge in [-0.1, -0.05) is 0 Å². The van der Waals surface area contributed by atoms with Gasteiger partial charge < -0.3 is 21.1 Å². The number of nitrogens with one attached hydrogen (secondary N) is 1. The van der Waals surface area contributed by atoms with Crippen molar-refractivity contribution in [2.24, 2.45) is 11.7 Å². The van der Waals surface area contributed by atoms with Gasteiger partial charge in [-0.3, -0.25) is 9.59 Å². The molecule has 7 nitrogen and oxygen atoms in total. The molecular weight excluding hydrogens is 262 g/mol. The minimum Gasteiger partial charge on any atom is -0.481 e. The molecule has 0 spiro atoms. The number of aliphatic carboxylic acids is 1. The van der Waals surface area contributed by atoms with Crippen LogP contribution in [0.15, 0.2) is 0 Å². The maximum absolute atomic E-state index is 12.1. The Morgan fingerprint density at radius 2 is 1.85 bits per heavy atom. The normalized spacial score (nSPS) is 16.8. The van der Waals surface area contributed by atoms with E-state index in [1.165, 1.54) is 0 Å². The van der Waals surface area contributed by atoms with E-state index >= 15 is 0 Å². The summed E-state index contributed by atoms with van der Waals surface area (Å²) in [5.41, 5.74) is 4.46. The molecule has 0 bridgehead atoms. The third kappa shape index (κ3) is 5.46. The molecule has 1 fully saturated rings. The van der Waals surface area contributed by atoms with Crippen molar-refractivity contribution >= 4 is 17.9 Å². The Bertz CT molecular complexity index is 387. The van der Waals surface area contributed by atoms with E-state index in [1.807, 2.05) is 0 Å². The van der Waals surface area contributed by atoms with E-state index < -0.39 is 17.4 Å². The number of amides is 3. The quantitative estimate of drug-likeness (QED) is 0.684. The minimum absolute atomic E-state index is 0.0776. The third-order valence-electron chi connectivity index (χ3n) is 3.43. The van der Waals surface area contributed by atoms with E-state index in [0.717, 1.165) is 0 Å². The van der Waals surface area contributed by atoms with Gasteiger partial charge >= 0.3 is 12.0 Å². The van der Waals surface area contributed by atoms with Gasteiger partial charge in [0.15, 0.2) is 0 Å². The molecule has 0 aromatic rings. The molecule has 4 N–H and O–H groups in total. The second-order valence-corrected chi connectivity index (χ2v) is 5.99. The Hall–Kier alpha value is -1.79. The van der Waals surface area contributed by atoms with E-state index in [9.17, 15) is 14.4 Å². The maximum atomic E-state index is 12.1. The first-order chi connectivity index (χ1) is 9.19. The number of primary amides is 1. The van der Waals surface area contributed by atoms with Gasteiger partial charge in [0, 0.05) is 31.5 Å². The highest BCUT2D eigenvalue weighted by molar-refractivity contribution is 5.78. The maximum Gasteiger partial charge on any atom is 0.317 e. The summed E-state index contributed by atoms with van der Waals surface area (Å²) in [5.74, 6) is -1.12. The van der Waals surface area contributed by atoms with Crippen LogP contribution in [0.1, 0.15) is 39.5 Å². The Labute approximate surface area is 118 Å². The second-order valence-electron chi connectivity index (χ2n) is 5.99. The number of likely N-dealkylation sites (tertiary alicyclic amines) is 1. The van der Waals surface area contributed by atoms with E-state index in [-0.39, 0.29) is 24.8 Å². The summed E-state index contributed by atoms with van der Waals surface area (Å²) in [5, 5.41) is 11.5. The Morgan fingerprint density at radius 1 is 1.30 bits per heavy atom. The molecule has 0 radical (unpaired) electrons. The van der Waals surface area contributed by atoms with Crippen LogP contribution in [-0.4, -0.2) is 46.5 Å². The van der Waals surface area contributed by atoms with Crippen LogP contribution in [0.3, 0.4) is 0 Å².